The molecule has 1 aromatic rings. The molecule has 0 fully saturated rings. The molecule has 1 rings (SSSR count). The van der Waals surface area contributed by atoms with Gasteiger partial charge in [0.05, 0.1) is 0 Å². The van der Waals surface area contributed by atoms with E-state index in [1.165, 1.54) is 25.7 Å². The number of hydrogen-bond acceptors (Lipinski definition) is 3. The normalized spacial score (nSPS) is 14.9. The van der Waals surface area contributed by atoms with Crippen LogP contribution in [0.15, 0.2) is 12.7 Å². The van der Waals surface area contributed by atoms with Crippen molar-refractivity contribution in [3.63, 3.8) is 0 Å². The fraction of sp³-hybridized carbons (Fsp3) is 0.833. The van der Waals surface area contributed by atoms with E-state index in [2.05, 4.69) is 36.3 Å². The Morgan fingerprint density at radius 1 is 1.25 bits per heavy atom. The van der Waals surface area contributed by atoms with Gasteiger partial charge in [-0.3, -0.25) is 0 Å². The van der Waals surface area contributed by atoms with E-state index in [0.717, 1.165) is 6.54 Å². The summed E-state index contributed by atoms with van der Waals surface area (Å²) in [5, 5.41) is 11.3. The lowest BCUT2D eigenvalue weighted by Gasteiger charge is -2.22. The third-order valence-corrected chi connectivity index (χ3v) is 2.87. The van der Waals surface area contributed by atoms with Crippen LogP contribution < -0.4 is 5.32 Å². The number of hydrogen-bond donors (Lipinski definition) is 1. The first-order chi connectivity index (χ1) is 7.76. The Bertz CT molecular complexity index is 258. The summed E-state index contributed by atoms with van der Waals surface area (Å²) in [7, 11) is 0. The van der Waals surface area contributed by atoms with Crippen LogP contribution in [0, 0.1) is 0 Å². The molecule has 1 heterocycles. The van der Waals surface area contributed by atoms with E-state index >= 15 is 0 Å². The lowest BCUT2D eigenvalue weighted by molar-refractivity contribution is 0.376. The number of aromatic nitrogens is 3. The van der Waals surface area contributed by atoms with Crippen LogP contribution in [0.5, 0.6) is 0 Å². The minimum atomic E-state index is 0.470. The van der Waals surface area contributed by atoms with Crippen molar-refractivity contribution in [3.8, 4) is 0 Å². The highest BCUT2D eigenvalue weighted by molar-refractivity contribution is 4.72. The van der Waals surface area contributed by atoms with Crippen molar-refractivity contribution in [1.29, 1.82) is 0 Å². The first kappa shape index (κ1) is 13.2. The lowest BCUT2D eigenvalue weighted by Crippen LogP contribution is -2.38. The van der Waals surface area contributed by atoms with Gasteiger partial charge in [0.25, 0.3) is 0 Å². The summed E-state index contributed by atoms with van der Waals surface area (Å²) >= 11 is 0. The van der Waals surface area contributed by atoms with Crippen molar-refractivity contribution in [3.05, 3.63) is 12.7 Å². The summed E-state index contributed by atoms with van der Waals surface area (Å²) in [5.41, 5.74) is 0. The Hall–Kier alpha value is -0.900. The maximum atomic E-state index is 3.81. The number of nitrogens with zero attached hydrogens (tertiary/aromatic N) is 3. The fourth-order valence-electron chi connectivity index (χ4n) is 1.94. The molecule has 92 valence electrons. The zero-order valence-corrected chi connectivity index (χ0v) is 10.7. The van der Waals surface area contributed by atoms with E-state index in [-0.39, 0.29) is 0 Å². The van der Waals surface area contributed by atoms with Gasteiger partial charge >= 0.3 is 0 Å². The van der Waals surface area contributed by atoms with Crippen molar-refractivity contribution >= 4 is 0 Å². The zero-order valence-electron chi connectivity index (χ0n) is 10.7. The van der Waals surface area contributed by atoms with Gasteiger partial charge in [-0.25, -0.2) is 0 Å². The molecule has 2 unspecified atom stereocenters. The fourth-order valence-corrected chi connectivity index (χ4v) is 1.94. The second-order valence-corrected chi connectivity index (χ2v) is 4.47. The van der Waals surface area contributed by atoms with Crippen molar-refractivity contribution in [2.45, 2.75) is 65.1 Å². The van der Waals surface area contributed by atoms with Crippen molar-refractivity contribution < 1.29 is 0 Å². The van der Waals surface area contributed by atoms with Crippen LogP contribution in [-0.4, -0.2) is 26.8 Å². The maximum Gasteiger partial charge on any atom is 0.119 e. The predicted octanol–water partition coefficient (Wildman–Crippen LogP) is 2.23. The van der Waals surface area contributed by atoms with Crippen LogP contribution in [0.3, 0.4) is 0 Å². The molecule has 0 saturated carbocycles. The van der Waals surface area contributed by atoms with Crippen LogP contribution in [0.4, 0.5) is 0 Å². The average Bonchev–Trinajstić information content (AvgIpc) is 2.76. The molecule has 0 radical (unpaired) electrons. The monoisotopic (exact) mass is 224 g/mol. The molecule has 0 aromatic carbocycles. The number of rotatable bonds is 8. The molecule has 1 N–H and O–H groups in total. The van der Waals surface area contributed by atoms with Gasteiger partial charge in [0.2, 0.25) is 0 Å². The van der Waals surface area contributed by atoms with E-state index in [1.807, 2.05) is 4.57 Å². The van der Waals surface area contributed by atoms with E-state index in [4.69, 9.17) is 0 Å². The molecule has 0 bridgehead atoms. The van der Waals surface area contributed by atoms with E-state index < -0.39 is 0 Å². The molecule has 0 aliphatic heterocycles. The minimum Gasteiger partial charge on any atom is -0.319 e. The first-order valence-corrected chi connectivity index (χ1v) is 6.34. The van der Waals surface area contributed by atoms with Gasteiger partial charge in [-0.05, 0) is 19.8 Å². The number of unbranched alkanes of at least 4 members (excludes halogenated alkanes) is 1. The Kier molecular flexibility index (Phi) is 6.08. The van der Waals surface area contributed by atoms with Crippen LogP contribution in [0.2, 0.25) is 0 Å². The molecule has 2 atom stereocenters. The SMILES string of the molecule is CCCCC(CC)NC(C)Cn1cnnc1. The highest BCUT2D eigenvalue weighted by atomic mass is 15.2. The highest BCUT2D eigenvalue weighted by Crippen LogP contribution is 2.05. The maximum absolute atomic E-state index is 3.81. The summed E-state index contributed by atoms with van der Waals surface area (Å²) in [6.07, 6.45) is 8.60. The quantitative estimate of drug-likeness (QED) is 0.736. The zero-order chi connectivity index (χ0) is 11.8. The molecule has 4 heteroatoms. The van der Waals surface area contributed by atoms with E-state index in [0.29, 0.717) is 12.1 Å². The van der Waals surface area contributed by atoms with Crippen molar-refractivity contribution in [1.82, 2.24) is 20.1 Å². The second-order valence-electron chi connectivity index (χ2n) is 4.47. The van der Waals surface area contributed by atoms with Gasteiger partial charge in [0.1, 0.15) is 12.7 Å². The molecule has 0 aliphatic rings. The van der Waals surface area contributed by atoms with Gasteiger partial charge in [-0.2, -0.15) is 0 Å². The molecule has 1 aromatic heterocycles. The van der Waals surface area contributed by atoms with Crippen molar-refractivity contribution in [2.24, 2.45) is 0 Å². The number of nitrogens with one attached hydrogen (secondary N) is 1. The smallest absolute Gasteiger partial charge is 0.119 e. The predicted molar refractivity (Wildman–Crippen MR) is 66.2 cm³/mol. The molecular weight excluding hydrogens is 200 g/mol. The lowest BCUT2D eigenvalue weighted by atomic mass is 10.1. The standard InChI is InChI=1S/C12H24N4/c1-4-6-7-12(5-2)15-11(3)8-16-9-13-14-10-16/h9-12,15H,4-8H2,1-3H3. The van der Waals surface area contributed by atoms with Gasteiger partial charge in [-0.1, -0.05) is 26.7 Å². The summed E-state index contributed by atoms with van der Waals surface area (Å²) in [6.45, 7) is 7.65. The van der Waals surface area contributed by atoms with E-state index in [1.54, 1.807) is 12.7 Å². The van der Waals surface area contributed by atoms with E-state index in [9.17, 15) is 0 Å². The topological polar surface area (TPSA) is 42.7 Å². The Morgan fingerprint density at radius 2 is 1.94 bits per heavy atom. The summed E-state index contributed by atoms with van der Waals surface area (Å²) < 4.78 is 2.02. The molecule has 0 aliphatic carbocycles. The molecule has 0 spiro atoms. The largest absolute Gasteiger partial charge is 0.319 e. The third-order valence-electron chi connectivity index (χ3n) is 2.87. The van der Waals surface area contributed by atoms with Crippen LogP contribution in [-0.2, 0) is 6.54 Å². The molecular formula is C12H24N4. The summed E-state index contributed by atoms with van der Waals surface area (Å²) in [4.78, 5) is 0. The van der Waals surface area contributed by atoms with Crippen LogP contribution in [0.1, 0.15) is 46.5 Å². The Balaban J connectivity index is 2.28. The van der Waals surface area contributed by atoms with Gasteiger partial charge in [0, 0.05) is 18.6 Å². The highest BCUT2D eigenvalue weighted by Gasteiger charge is 2.09. The van der Waals surface area contributed by atoms with Crippen molar-refractivity contribution in [2.75, 3.05) is 0 Å². The molecule has 4 nitrogen and oxygen atoms in total. The summed E-state index contributed by atoms with van der Waals surface area (Å²) in [6, 6.07) is 1.12. The molecule has 16 heavy (non-hydrogen) atoms. The summed E-state index contributed by atoms with van der Waals surface area (Å²) in [5.74, 6) is 0. The first-order valence-electron chi connectivity index (χ1n) is 6.34. The van der Waals surface area contributed by atoms with Gasteiger partial charge in [-0.15, -0.1) is 10.2 Å². The third kappa shape index (κ3) is 4.75. The molecule has 0 saturated heterocycles. The van der Waals surface area contributed by atoms with Gasteiger partial charge in [0.15, 0.2) is 0 Å². The minimum absolute atomic E-state index is 0.470. The molecule has 0 amide bonds. The second kappa shape index (κ2) is 7.39. The van der Waals surface area contributed by atoms with Gasteiger partial charge < -0.3 is 9.88 Å². The van der Waals surface area contributed by atoms with Crippen LogP contribution in [0.25, 0.3) is 0 Å². The van der Waals surface area contributed by atoms with Crippen LogP contribution >= 0.6 is 0 Å². The average molecular weight is 224 g/mol. The Labute approximate surface area is 98.5 Å². The Morgan fingerprint density at radius 3 is 2.50 bits per heavy atom.